The molecule has 0 amide bonds. The van der Waals surface area contributed by atoms with Crippen molar-refractivity contribution in [3.8, 4) is 0 Å². The number of nitrogens with zero attached hydrogens (tertiary/aromatic N) is 4. The minimum absolute atomic E-state index is 0.318. The van der Waals surface area contributed by atoms with Crippen LogP contribution >= 0.6 is 11.8 Å². The van der Waals surface area contributed by atoms with E-state index in [2.05, 4.69) is 33.9 Å². The standard InChI is InChI=1S/C18H28N6OS/c1-3-16-22-17-7-6-14(13-24(17)23-16)21-18(20-10-12-26-2)19-9-8-15-5-4-11-25-15/h4-5,11,14H,3,6-10,12-13H2,1-2H3,(H2,19,20,21). The molecule has 0 fully saturated rings. The Morgan fingerprint density at radius 3 is 3.19 bits per heavy atom. The lowest BCUT2D eigenvalue weighted by atomic mass is 10.1. The van der Waals surface area contributed by atoms with E-state index < -0.39 is 0 Å². The SMILES string of the molecule is CCc1nc2n(n1)CC(NC(=NCCSC)NCCc1ccco1)CC2. The second-order valence-electron chi connectivity index (χ2n) is 6.34. The molecule has 8 heteroatoms. The molecule has 142 valence electrons. The Kier molecular flexibility index (Phi) is 6.99. The van der Waals surface area contributed by atoms with E-state index in [-0.39, 0.29) is 0 Å². The van der Waals surface area contributed by atoms with Crippen molar-refractivity contribution in [3.63, 3.8) is 0 Å². The molecule has 0 saturated carbocycles. The van der Waals surface area contributed by atoms with Gasteiger partial charge < -0.3 is 15.1 Å². The van der Waals surface area contributed by atoms with Gasteiger partial charge in [0.15, 0.2) is 11.8 Å². The van der Waals surface area contributed by atoms with Crippen molar-refractivity contribution in [3.05, 3.63) is 35.8 Å². The number of rotatable bonds is 8. The van der Waals surface area contributed by atoms with Crippen LogP contribution in [0.4, 0.5) is 0 Å². The molecular formula is C18H28N6OS. The number of furan rings is 1. The molecule has 1 atom stereocenters. The molecule has 2 N–H and O–H groups in total. The first kappa shape index (κ1) is 18.8. The van der Waals surface area contributed by atoms with Gasteiger partial charge in [0.1, 0.15) is 11.6 Å². The van der Waals surface area contributed by atoms with Gasteiger partial charge in [-0.3, -0.25) is 4.99 Å². The smallest absolute Gasteiger partial charge is 0.191 e. The zero-order valence-electron chi connectivity index (χ0n) is 15.6. The fourth-order valence-electron chi connectivity index (χ4n) is 2.98. The van der Waals surface area contributed by atoms with Gasteiger partial charge in [-0.1, -0.05) is 6.92 Å². The van der Waals surface area contributed by atoms with Crippen LogP contribution < -0.4 is 10.6 Å². The Balaban J connectivity index is 1.55. The molecule has 1 unspecified atom stereocenters. The molecular weight excluding hydrogens is 348 g/mol. The molecule has 0 spiro atoms. The van der Waals surface area contributed by atoms with Crippen molar-refractivity contribution >= 4 is 17.7 Å². The molecule has 2 aromatic heterocycles. The highest BCUT2D eigenvalue weighted by Gasteiger charge is 2.22. The minimum atomic E-state index is 0.318. The topological polar surface area (TPSA) is 80.3 Å². The number of aryl methyl sites for hydroxylation is 2. The zero-order chi connectivity index (χ0) is 18.2. The van der Waals surface area contributed by atoms with Crippen LogP contribution in [0, 0.1) is 0 Å². The molecule has 0 saturated heterocycles. The van der Waals surface area contributed by atoms with Crippen LogP contribution in [0.1, 0.15) is 30.8 Å². The quantitative estimate of drug-likeness (QED) is 0.416. The average molecular weight is 377 g/mol. The van der Waals surface area contributed by atoms with Gasteiger partial charge in [0.05, 0.1) is 19.4 Å². The fourth-order valence-corrected chi connectivity index (χ4v) is 3.26. The van der Waals surface area contributed by atoms with Gasteiger partial charge in [-0.15, -0.1) is 0 Å². The van der Waals surface area contributed by atoms with Gasteiger partial charge in [-0.25, -0.2) is 9.67 Å². The van der Waals surface area contributed by atoms with Crippen LogP contribution in [0.2, 0.25) is 0 Å². The van der Waals surface area contributed by atoms with Gasteiger partial charge in [0.25, 0.3) is 0 Å². The van der Waals surface area contributed by atoms with E-state index in [0.29, 0.717) is 6.04 Å². The van der Waals surface area contributed by atoms with E-state index in [0.717, 1.165) is 74.4 Å². The third-order valence-electron chi connectivity index (χ3n) is 4.37. The molecule has 3 rings (SSSR count). The highest BCUT2D eigenvalue weighted by molar-refractivity contribution is 7.98. The van der Waals surface area contributed by atoms with Crippen LogP contribution in [-0.2, 0) is 25.8 Å². The van der Waals surface area contributed by atoms with Crippen LogP contribution in [-0.4, -0.2) is 51.9 Å². The van der Waals surface area contributed by atoms with E-state index in [1.807, 2.05) is 28.6 Å². The first-order chi connectivity index (χ1) is 12.8. The van der Waals surface area contributed by atoms with E-state index in [9.17, 15) is 0 Å². The van der Waals surface area contributed by atoms with Gasteiger partial charge in [-0.05, 0) is 24.8 Å². The number of hydrogen-bond donors (Lipinski definition) is 2. The lowest BCUT2D eigenvalue weighted by Crippen LogP contribution is -2.47. The molecule has 26 heavy (non-hydrogen) atoms. The number of thioether (sulfide) groups is 1. The number of aromatic nitrogens is 3. The van der Waals surface area contributed by atoms with E-state index in [1.54, 1.807) is 6.26 Å². The molecule has 0 aromatic carbocycles. The number of hydrogen-bond acceptors (Lipinski definition) is 5. The number of nitrogens with one attached hydrogen (secondary N) is 2. The van der Waals surface area contributed by atoms with E-state index in [4.69, 9.17) is 9.41 Å². The van der Waals surface area contributed by atoms with Crippen molar-refractivity contribution in [1.82, 2.24) is 25.4 Å². The lowest BCUT2D eigenvalue weighted by molar-refractivity contribution is 0.392. The summed E-state index contributed by atoms with van der Waals surface area (Å²) in [4.78, 5) is 9.29. The minimum Gasteiger partial charge on any atom is -0.469 e. The Morgan fingerprint density at radius 1 is 1.50 bits per heavy atom. The van der Waals surface area contributed by atoms with Crippen molar-refractivity contribution < 1.29 is 4.42 Å². The molecule has 0 radical (unpaired) electrons. The van der Waals surface area contributed by atoms with E-state index in [1.165, 1.54) is 0 Å². The summed E-state index contributed by atoms with van der Waals surface area (Å²) in [5.74, 6) is 4.91. The molecule has 7 nitrogen and oxygen atoms in total. The predicted molar refractivity (Wildman–Crippen MR) is 106 cm³/mol. The van der Waals surface area contributed by atoms with Crippen LogP contribution in [0.5, 0.6) is 0 Å². The molecule has 0 aliphatic carbocycles. The van der Waals surface area contributed by atoms with Gasteiger partial charge in [-0.2, -0.15) is 16.9 Å². The number of guanidine groups is 1. The second kappa shape index (κ2) is 9.66. The molecule has 1 aliphatic heterocycles. The average Bonchev–Trinajstić information content (AvgIpc) is 3.30. The summed E-state index contributed by atoms with van der Waals surface area (Å²) in [5, 5.41) is 11.6. The lowest BCUT2D eigenvalue weighted by Gasteiger charge is -2.25. The van der Waals surface area contributed by atoms with Gasteiger partial charge in [0, 0.05) is 37.6 Å². The maximum atomic E-state index is 5.39. The maximum absolute atomic E-state index is 5.39. The van der Waals surface area contributed by atoms with Crippen molar-refractivity contribution in [2.45, 2.75) is 45.2 Å². The summed E-state index contributed by atoms with van der Waals surface area (Å²) in [6.45, 7) is 4.53. The normalized spacial score (nSPS) is 17.2. The molecule has 2 aromatic rings. The Bertz CT molecular complexity index is 697. The Morgan fingerprint density at radius 2 is 2.42 bits per heavy atom. The first-order valence-corrected chi connectivity index (χ1v) is 10.7. The number of fused-ring (bicyclic) bond motifs is 1. The summed E-state index contributed by atoms with van der Waals surface area (Å²) >= 11 is 1.81. The van der Waals surface area contributed by atoms with Crippen LogP contribution in [0.15, 0.2) is 27.8 Å². The summed E-state index contributed by atoms with van der Waals surface area (Å²) < 4.78 is 7.44. The summed E-state index contributed by atoms with van der Waals surface area (Å²) in [6.07, 6.45) is 7.54. The van der Waals surface area contributed by atoms with Gasteiger partial charge in [0.2, 0.25) is 0 Å². The Labute approximate surface area is 159 Å². The third kappa shape index (κ3) is 5.27. The van der Waals surface area contributed by atoms with Gasteiger partial charge >= 0.3 is 0 Å². The van der Waals surface area contributed by atoms with Crippen LogP contribution in [0.25, 0.3) is 0 Å². The second-order valence-corrected chi connectivity index (χ2v) is 7.32. The third-order valence-corrected chi connectivity index (χ3v) is 4.96. The highest BCUT2D eigenvalue weighted by atomic mass is 32.2. The fraction of sp³-hybridized carbons (Fsp3) is 0.611. The largest absolute Gasteiger partial charge is 0.469 e. The first-order valence-electron chi connectivity index (χ1n) is 9.27. The molecule has 1 aliphatic rings. The van der Waals surface area contributed by atoms with Crippen molar-refractivity contribution in [1.29, 1.82) is 0 Å². The predicted octanol–water partition coefficient (Wildman–Crippen LogP) is 1.89. The Hall–Kier alpha value is -1.96. The van der Waals surface area contributed by atoms with E-state index >= 15 is 0 Å². The highest BCUT2D eigenvalue weighted by Crippen LogP contribution is 2.13. The zero-order valence-corrected chi connectivity index (χ0v) is 16.4. The molecule has 0 bridgehead atoms. The summed E-state index contributed by atoms with van der Waals surface area (Å²) in [7, 11) is 0. The maximum Gasteiger partial charge on any atom is 0.191 e. The number of aliphatic imine (C=N–C) groups is 1. The molecule has 3 heterocycles. The summed E-state index contributed by atoms with van der Waals surface area (Å²) in [6, 6.07) is 4.24. The van der Waals surface area contributed by atoms with Crippen molar-refractivity contribution in [2.24, 2.45) is 4.99 Å². The summed E-state index contributed by atoms with van der Waals surface area (Å²) in [5.41, 5.74) is 0. The van der Waals surface area contributed by atoms with Crippen LogP contribution in [0.3, 0.4) is 0 Å². The monoisotopic (exact) mass is 376 g/mol. The van der Waals surface area contributed by atoms with Crippen molar-refractivity contribution in [2.75, 3.05) is 25.1 Å².